The Bertz CT molecular complexity index is 1310. The van der Waals surface area contributed by atoms with Gasteiger partial charge < -0.3 is 0 Å². The molecule has 5 rings (SSSR count). The summed E-state index contributed by atoms with van der Waals surface area (Å²) in [6.07, 6.45) is -0.939. The van der Waals surface area contributed by atoms with Crippen molar-refractivity contribution in [3.05, 3.63) is 107 Å². The van der Waals surface area contributed by atoms with Crippen LogP contribution in [0, 0.1) is 0 Å². The molecule has 0 saturated heterocycles. The van der Waals surface area contributed by atoms with Gasteiger partial charge in [0.15, 0.2) is 5.17 Å². The molecule has 31 heavy (non-hydrogen) atoms. The van der Waals surface area contributed by atoms with Crippen LogP contribution in [0.5, 0.6) is 0 Å². The van der Waals surface area contributed by atoms with Gasteiger partial charge in [-0.15, -0.1) is 5.10 Å². The van der Waals surface area contributed by atoms with Crippen molar-refractivity contribution in [3.63, 3.8) is 0 Å². The summed E-state index contributed by atoms with van der Waals surface area (Å²) in [5.41, 5.74) is 1.98. The van der Waals surface area contributed by atoms with Gasteiger partial charge in [-0.3, -0.25) is 14.9 Å². The van der Waals surface area contributed by atoms with E-state index in [1.807, 2.05) is 72.8 Å². The van der Waals surface area contributed by atoms with E-state index >= 15 is 0 Å². The van der Waals surface area contributed by atoms with Crippen LogP contribution in [-0.4, -0.2) is 28.0 Å². The van der Waals surface area contributed by atoms with Gasteiger partial charge in [0.1, 0.15) is 5.70 Å². The molecule has 3 aromatic carbocycles. The summed E-state index contributed by atoms with van der Waals surface area (Å²) in [6.45, 7) is 0. The van der Waals surface area contributed by atoms with Crippen LogP contribution in [0.1, 0.15) is 15.9 Å². The predicted molar refractivity (Wildman–Crippen MR) is 120 cm³/mol. The van der Waals surface area contributed by atoms with E-state index in [0.29, 0.717) is 32.8 Å². The lowest BCUT2D eigenvalue weighted by Crippen LogP contribution is -2.54. The third-order valence-corrected chi connectivity index (χ3v) is 5.96. The average molecular weight is 427 g/mol. The number of benzene rings is 3. The highest BCUT2D eigenvalue weighted by atomic mass is 32.2. The molecule has 0 bridgehead atoms. The quantitative estimate of drug-likeness (QED) is 0.650. The minimum atomic E-state index is -0.939. The second-order valence-corrected chi connectivity index (χ2v) is 8.04. The summed E-state index contributed by atoms with van der Waals surface area (Å²) >= 11 is 1.41. The Morgan fingerprint density at radius 1 is 0.935 bits per heavy atom. The highest BCUT2D eigenvalue weighted by Crippen LogP contribution is 2.24. The molecule has 0 aliphatic carbocycles. The Hall–Kier alpha value is -3.71. The number of hydrogen-bond donors (Lipinski definition) is 1. The zero-order valence-corrected chi connectivity index (χ0v) is 17.3. The Labute approximate surface area is 183 Å². The van der Waals surface area contributed by atoms with Crippen molar-refractivity contribution in [3.8, 4) is 0 Å². The maximum absolute atomic E-state index is 13.3. The zero-order chi connectivity index (χ0) is 21.2. The van der Waals surface area contributed by atoms with Gasteiger partial charge in [-0.1, -0.05) is 90.6 Å². The van der Waals surface area contributed by atoms with E-state index in [9.17, 15) is 9.59 Å². The highest BCUT2D eigenvalue weighted by Gasteiger charge is 2.37. The first kappa shape index (κ1) is 19.3. The number of hydrazone groups is 1. The van der Waals surface area contributed by atoms with Crippen molar-refractivity contribution in [2.75, 3.05) is 0 Å². The van der Waals surface area contributed by atoms with E-state index in [1.165, 1.54) is 16.8 Å². The number of nitrogens with one attached hydrogen (secondary N) is 1. The van der Waals surface area contributed by atoms with Crippen molar-refractivity contribution in [2.45, 2.75) is 11.9 Å². The Morgan fingerprint density at radius 2 is 1.61 bits per heavy atom. The summed E-state index contributed by atoms with van der Waals surface area (Å²) in [6, 6.07) is 26.2. The van der Waals surface area contributed by atoms with Crippen molar-refractivity contribution in [1.29, 1.82) is 0 Å². The van der Waals surface area contributed by atoms with E-state index in [2.05, 4.69) is 15.4 Å². The summed E-state index contributed by atoms with van der Waals surface area (Å²) in [4.78, 5) is 31.0. The molecule has 0 fully saturated rings. The minimum absolute atomic E-state index is 0.210. The number of amidine groups is 1. The lowest BCUT2D eigenvalue weighted by molar-refractivity contribution is -0.115. The third kappa shape index (κ3) is 3.75. The number of nitrogens with zero attached hydrogens (tertiary/aromatic N) is 3. The predicted octanol–water partition coefficient (Wildman–Crippen LogP) is 2.27. The molecule has 0 spiro atoms. The topological polar surface area (TPSA) is 74.1 Å². The van der Waals surface area contributed by atoms with Crippen LogP contribution in [0.4, 0.5) is 0 Å². The molecule has 7 heteroatoms. The molecule has 0 unspecified atom stereocenters. The number of hydrogen-bond acceptors (Lipinski definition) is 6. The summed E-state index contributed by atoms with van der Waals surface area (Å²) in [7, 11) is 0. The van der Waals surface area contributed by atoms with Gasteiger partial charge in [-0.2, -0.15) is 0 Å². The second kappa shape index (κ2) is 8.20. The lowest BCUT2D eigenvalue weighted by atomic mass is 10.1. The SMILES string of the molecule is O=C1NC(SCc2ccccc2)=NN2C1=c1ccccc1=N[C@@H]2C(=O)c1ccccc1. The molecule has 3 aromatic rings. The van der Waals surface area contributed by atoms with Crippen LogP contribution in [0.25, 0.3) is 5.70 Å². The number of amides is 1. The maximum atomic E-state index is 13.3. The van der Waals surface area contributed by atoms with Crippen molar-refractivity contribution < 1.29 is 9.59 Å². The second-order valence-electron chi connectivity index (χ2n) is 7.08. The third-order valence-electron chi connectivity index (χ3n) is 5.03. The smallest absolute Gasteiger partial charge is 0.276 e. The van der Waals surface area contributed by atoms with Crippen LogP contribution >= 0.6 is 11.8 Å². The molecule has 6 nitrogen and oxygen atoms in total. The first-order valence-corrected chi connectivity index (χ1v) is 10.8. The van der Waals surface area contributed by atoms with E-state index in [1.54, 1.807) is 12.1 Å². The normalized spacial score (nSPS) is 17.1. The van der Waals surface area contributed by atoms with Gasteiger partial charge in [0.2, 0.25) is 11.9 Å². The Morgan fingerprint density at radius 3 is 2.39 bits per heavy atom. The number of para-hydroxylation sites is 1. The molecule has 0 aromatic heterocycles. The maximum Gasteiger partial charge on any atom is 0.276 e. The molecule has 0 saturated carbocycles. The lowest BCUT2D eigenvalue weighted by Gasteiger charge is -2.33. The molecular formula is C24H18N4O2S. The average Bonchev–Trinajstić information content (AvgIpc) is 2.83. The number of ketones is 1. The van der Waals surface area contributed by atoms with E-state index in [-0.39, 0.29) is 11.7 Å². The molecular weight excluding hydrogens is 408 g/mol. The number of carbonyl (C=O) groups excluding carboxylic acids is 2. The van der Waals surface area contributed by atoms with Gasteiger partial charge >= 0.3 is 0 Å². The number of rotatable bonds is 4. The standard InChI is InChI=1S/C24H18N4O2S/c29-21(17-11-5-2-6-12-17)22-25-19-14-8-7-13-18(19)20-23(30)26-24(27-28(20)22)31-15-16-9-3-1-4-10-16/h1-14,22H,15H2,(H,26,27,30)/t22-/m0/s1. The van der Waals surface area contributed by atoms with Crippen LogP contribution in [0.15, 0.2) is 95.0 Å². The molecule has 1 amide bonds. The number of Topliss-reactive ketones (excluding diaryl/α,β-unsaturated/α-hetero) is 1. The molecule has 2 heterocycles. The van der Waals surface area contributed by atoms with Crippen LogP contribution in [-0.2, 0) is 10.5 Å². The first-order valence-electron chi connectivity index (χ1n) is 9.83. The van der Waals surface area contributed by atoms with E-state index < -0.39 is 6.17 Å². The number of carbonyl (C=O) groups is 2. The number of fused-ring (bicyclic) bond motifs is 2. The summed E-state index contributed by atoms with van der Waals surface area (Å²) < 4.78 is 0. The molecule has 152 valence electrons. The van der Waals surface area contributed by atoms with Crippen LogP contribution < -0.4 is 15.9 Å². The number of thioether (sulfide) groups is 1. The van der Waals surface area contributed by atoms with Gasteiger partial charge in [0, 0.05) is 16.5 Å². The Balaban J connectivity index is 1.56. The van der Waals surface area contributed by atoms with Gasteiger partial charge in [0.05, 0.1) is 5.36 Å². The fourth-order valence-electron chi connectivity index (χ4n) is 3.54. The summed E-state index contributed by atoms with van der Waals surface area (Å²) in [5.74, 6) is 0.144. The van der Waals surface area contributed by atoms with E-state index in [0.717, 1.165) is 5.56 Å². The molecule has 2 aliphatic rings. The van der Waals surface area contributed by atoms with Crippen molar-refractivity contribution in [1.82, 2.24) is 10.3 Å². The first-order chi connectivity index (χ1) is 15.2. The van der Waals surface area contributed by atoms with Crippen molar-refractivity contribution in [2.24, 2.45) is 10.1 Å². The van der Waals surface area contributed by atoms with Gasteiger partial charge in [0.25, 0.3) is 5.91 Å². The highest BCUT2D eigenvalue weighted by molar-refractivity contribution is 8.13. The minimum Gasteiger partial charge on any atom is -0.298 e. The van der Waals surface area contributed by atoms with Gasteiger partial charge in [-0.25, -0.2) is 10.0 Å². The molecule has 1 atom stereocenters. The molecule has 0 radical (unpaired) electrons. The van der Waals surface area contributed by atoms with Crippen molar-refractivity contribution >= 4 is 34.3 Å². The van der Waals surface area contributed by atoms with Crippen LogP contribution in [0.3, 0.4) is 0 Å². The van der Waals surface area contributed by atoms with E-state index in [4.69, 9.17) is 0 Å². The van der Waals surface area contributed by atoms with Crippen LogP contribution in [0.2, 0.25) is 0 Å². The monoisotopic (exact) mass is 426 g/mol. The summed E-state index contributed by atoms with van der Waals surface area (Å²) in [5, 5.41) is 10.7. The fourth-order valence-corrected chi connectivity index (χ4v) is 4.35. The fraction of sp³-hybridized carbons (Fsp3) is 0.0833. The van der Waals surface area contributed by atoms with Gasteiger partial charge in [-0.05, 0) is 11.6 Å². The zero-order valence-electron chi connectivity index (χ0n) is 16.4. The molecule has 2 aliphatic heterocycles. The largest absolute Gasteiger partial charge is 0.298 e. The Kier molecular flexibility index (Phi) is 5.09. The molecule has 1 N–H and O–H groups in total.